The van der Waals surface area contributed by atoms with E-state index in [1.807, 2.05) is 18.6 Å². The molecular formula is C24H18N4. The van der Waals surface area contributed by atoms with E-state index in [-0.39, 0.29) is 0 Å². The number of pyridine rings is 2. The first-order valence-corrected chi connectivity index (χ1v) is 9.38. The van der Waals surface area contributed by atoms with Gasteiger partial charge in [0.2, 0.25) is 0 Å². The summed E-state index contributed by atoms with van der Waals surface area (Å²) in [4.78, 5) is 9.07. The van der Waals surface area contributed by atoms with Crippen LogP contribution in [0.15, 0.2) is 73.2 Å². The summed E-state index contributed by atoms with van der Waals surface area (Å²) in [5.41, 5.74) is 6.88. The maximum atomic E-state index is 4.80. The third-order valence-electron chi connectivity index (χ3n) is 5.91. The van der Waals surface area contributed by atoms with Crippen molar-refractivity contribution in [1.82, 2.24) is 19.1 Å². The van der Waals surface area contributed by atoms with E-state index >= 15 is 0 Å². The molecule has 2 aromatic carbocycles. The molecule has 0 saturated carbocycles. The SMILES string of the molecule is Cn1c2cnccc2c2ccc(-c3cc4c(cn3)c3ccccc3n4C)cc21. The Morgan fingerprint density at radius 2 is 1.39 bits per heavy atom. The van der Waals surface area contributed by atoms with Gasteiger partial charge in [-0.05, 0) is 24.3 Å². The Morgan fingerprint density at radius 1 is 0.643 bits per heavy atom. The van der Waals surface area contributed by atoms with Crippen LogP contribution in [0.2, 0.25) is 0 Å². The van der Waals surface area contributed by atoms with E-state index in [0.717, 1.165) is 16.8 Å². The van der Waals surface area contributed by atoms with Crippen LogP contribution in [0.3, 0.4) is 0 Å². The number of hydrogen-bond acceptors (Lipinski definition) is 2. The number of rotatable bonds is 1. The molecule has 4 nitrogen and oxygen atoms in total. The van der Waals surface area contributed by atoms with Crippen molar-refractivity contribution in [1.29, 1.82) is 0 Å². The molecular weight excluding hydrogens is 344 g/mol. The van der Waals surface area contributed by atoms with Gasteiger partial charge in [-0.3, -0.25) is 9.97 Å². The molecule has 0 unspecified atom stereocenters. The van der Waals surface area contributed by atoms with Crippen molar-refractivity contribution in [3.63, 3.8) is 0 Å². The fourth-order valence-electron chi connectivity index (χ4n) is 4.42. The minimum absolute atomic E-state index is 0.990. The number of benzene rings is 2. The quantitative estimate of drug-likeness (QED) is 0.391. The Kier molecular flexibility index (Phi) is 2.98. The van der Waals surface area contributed by atoms with E-state index < -0.39 is 0 Å². The number of aryl methyl sites for hydroxylation is 2. The maximum Gasteiger partial charge on any atom is 0.0723 e. The molecule has 0 atom stereocenters. The van der Waals surface area contributed by atoms with Crippen LogP contribution in [-0.2, 0) is 14.1 Å². The minimum Gasteiger partial charge on any atom is -0.343 e. The third kappa shape index (κ3) is 1.94. The van der Waals surface area contributed by atoms with E-state index in [1.54, 1.807) is 0 Å². The van der Waals surface area contributed by atoms with Crippen LogP contribution >= 0.6 is 0 Å². The lowest BCUT2D eigenvalue weighted by Gasteiger charge is -2.05. The van der Waals surface area contributed by atoms with Gasteiger partial charge >= 0.3 is 0 Å². The van der Waals surface area contributed by atoms with Gasteiger partial charge in [0.1, 0.15) is 0 Å². The van der Waals surface area contributed by atoms with Crippen LogP contribution in [0.25, 0.3) is 54.9 Å². The Bertz CT molecular complexity index is 1420. The molecule has 6 aromatic rings. The van der Waals surface area contributed by atoms with E-state index in [1.165, 1.54) is 38.1 Å². The largest absolute Gasteiger partial charge is 0.343 e. The Balaban J connectivity index is 1.61. The van der Waals surface area contributed by atoms with Crippen molar-refractivity contribution in [2.45, 2.75) is 0 Å². The molecule has 0 fully saturated rings. The van der Waals surface area contributed by atoms with E-state index in [9.17, 15) is 0 Å². The summed E-state index contributed by atoms with van der Waals surface area (Å²) in [5.74, 6) is 0. The van der Waals surface area contributed by atoms with Crippen LogP contribution in [-0.4, -0.2) is 19.1 Å². The number of fused-ring (bicyclic) bond motifs is 6. The molecule has 4 aromatic heterocycles. The molecule has 0 aliphatic rings. The fraction of sp³-hybridized carbons (Fsp3) is 0.0833. The maximum absolute atomic E-state index is 4.80. The summed E-state index contributed by atoms with van der Waals surface area (Å²) >= 11 is 0. The zero-order valence-corrected chi connectivity index (χ0v) is 15.7. The van der Waals surface area contributed by atoms with Crippen molar-refractivity contribution in [2.75, 3.05) is 0 Å². The molecule has 0 bridgehead atoms. The first-order valence-electron chi connectivity index (χ1n) is 9.38. The Hall–Kier alpha value is -3.66. The molecule has 0 aliphatic carbocycles. The lowest BCUT2D eigenvalue weighted by atomic mass is 10.1. The molecule has 0 spiro atoms. The smallest absolute Gasteiger partial charge is 0.0723 e. The van der Waals surface area contributed by atoms with Crippen molar-refractivity contribution in [3.05, 3.63) is 73.2 Å². The molecule has 0 amide bonds. The molecule has 28 heavy (non-hydrogen) atoms. The molecule has 0 radical (unpaired) electrons. The lowest BCUT2D eigenvalue weighted by molar-refractivity contribution is 1.01. The van der Waals surface area contributed by atoms with E-state index in [0.29, 0.717) is 0 Å². The van der Waals surface area contributed by atoms with Crippen molar-refractivity contribution >= 4 is 43.6 Å². The second kappa shape index (κ2) is 5.42. The second-order valence-electron chi connectivity index (χ2n) is 7.35. The fourth-order valence-corrected chi connectivity index (χ4v) is 4.42. The highest BCUT2D eigenvalue weighted by Crippen LogP contribution is 2.33. The van der Waals surface area contributed by atoms with Gasteiger partial charge in [0.15, 0.2) is 0 Å². The average Bonchev–Trinajstić information content (AvgIpc) is 3.20. The van der Waals surface area contributed by atoms with Crippen LogP contribution in [0.1, 0.15) is 0 Å². The highest BCUT2D eigenvalue weighted by molar-refractivity contribution is 6.10. The number of aromatic nitrogens is 4. The third-order valence-corrected chi connectivity index (χ3v) is 5.91. The summed E-state index contributed by atoms with van der Waals surface area (Å²) in [6.07, 6.45) is 5.78. The minimum atomic E-state index is 0.990. The van der Waals surface area contributed by atoms with Gasteiger partial charge in [0, 0.05) is 64.6 Å². The van der Waals surface area contributed by atoms with Gasteiger partial charge in [-0.15, -0.1) is 0 Å². The van der Waals surface area contributed by atoms with Gasteiger partial charge in [-0.2, -0.15) is 0 Å². The molecule has 4 heterocycles. The van der Waals surface area contributed by atoms with Gasteiger partial charge in [-0.1, -0.05) is 30.3 Å². The summed E-state index contributed by atoms with van der Waals surface area (Å²) in [6, 6.07) is 19.3. The summed E-state index contributed by atoms with van der Waals surface area (Å²) in [6.45, 7) is 0. The first-order chi connectivity index (χ1) is 13.7. The highest BCUT2D eigenvalue weighted by atomic mass is 15.0. The van der Waals surface area contributed by atoms with E-state index in [2.05, 4.69) is 82.8 Å². The molecule has 0 aliphatic heterocycles. The Labute approximate surface area is 161 Å². The predicted molar refractivity (Wildman–Crippen MR) is 115 cm³/mol. The predicted octanol–water partition coefficient (Wildman–Crippen LogP) is 5.43. The van der Waals surface area contributed by atoms with Crippen LogP contribution in [0, 0.1) is 0 Å². The zero-order valence-electron chi connectivity index (χ0n) is 15.7. The standard InChI is InChI=1S/C24H18N4/c1-27-21-6-4-3-5-16(21)19-13-26-20(12-23(19)27)15-7-8-17-18-9-10-25-14-24(18)28(2)22(17)11-15/h3-14H,1-2H3. The monoisotopic (exact) mass is 362 g/mol. The van der Waals surface area contributed by atoms with Crippen LogP contribution in [0.5, 0.6) is 0 Å². The highest BCUT2D eigenvalue weighted by Gasteiger charge is 2.12. The van der Waals surface area contributed by atoms with Gasteiger partial charge < -0.3 is 9.13 Å². The number of para-hydroxylation sites is 1. The van der Waals surface area contributed by atoms with Crippen molar-refractivity contribution in [2.24, 2.45) is 14.1 Å². The van der Waals surface area contributed by atoms with Crippen LogP contribution < -0.4 is 0 Å². The first kappa shape index (κ1) is 15.4. The summed E-state index contributed by atoms with van der Waals surface area (Å²) < 4.78 is 4.45. The molecule has 0 saturated heterocycles. The topological polar surface area (TPSA) is 35.6 Å². The molecule has 134 valence electrons. The number of nitrogens with zero attached hydrogens (tertiary/aromatic N) is 4. The summed E-state index contributed by atoms with van der Waals surface area (Å²) in [7, 11) is 4.21. The second-order valence-corrected chi connectivity index (χ2v) is 7.35. The average molecular weight is 362 g/mol. The Morgan fingerprint density at radius 3 is 2.32 bits per heavy atom. The van der Waals surface area contributed by atoms with Crippen LogP contribution in [0.4, 0.5) is 0 Å². The van der Waals surface area contributed by atoms with E-state index in [4.69, 9.17) is 4.98 Å². The van der Waals surface area contributed by atoms with Gasteiger partial charge in [0.05, 0.1) is 22.9 Å². The van der Waals surface area contributed by atoms with Gasteiger partial charge in [-0.25, -0.2) is 0 Å². The molecule has 4 heteroatoms. The number of hydrogen-bond donors (Lipinski definition) is 0. The van der Waals surface area contributed by atoms with Gasteiger partial charge in [0.25, 0.3) is 0 Å². The zero-order chi connectivity index (χ0) is 18.8. The normalized spacial score (nSPS) is 11.9. The molecule has 6 rings (SSSR count). The van der Waals surface area contributed by atoms with Crippen molar-refractivity contribution in [3.8, 4) is 11.3 Å². The summed E-state index contributed by atoms with van der Waals surface area (Å²) in [5, 5.41) is 4.92. The van der Waals surface area contributed by atoms with Crippen molar-refractivity contribution < 1.29 is 0 Å². The molecule has 0 N–H and O–H groups in total. The lowest BCUT2D eigenvalue weighted by Crippen LogP contribution is -1.90.